The van der Waals surface area contributed by atoms with E-state index >= 15 is 0 Å². The van der Waals surface area contributed by atoms with Crippen LogP contribution in [-0.4, -0.2) is 28.3 Å². The molecule has 2 aliphatic heterocycles. The molecule has 17 heteroatoms. The van der Waals surface area contributed by atoms with Crippen molar-refractivity contribution in [3.05, 3.63) is 44.5 Å². The zero-order valence-corrected chi connectivity index (χ0v) is 16.0. The minimum absolute atomic E-state index is 0.243. The molecular formula is C16H10F4N4O9. The van der Waals surface area contributed by atoms with E-state index in [1.165, 1.54) is 0 Å². The number of nitrogens with one attached hydrogen (secondary N) is 1. The van der Waals surface area contributed by atoms with Crippen LogP contribution in [0.15, 0.2) is 24.3 Å². The van der Waals surface area contributed by atoms with E-state index in [1.54, 1.807) is 0 Å². The molecule has 0 saturated heterocycles. The zero-order valence-electron chi connectivity index (χ0n) is 16.0. The van der Waals surface area contributed by atoms with E-state index in [4.69, 9.17) is 5.73 Å². The highest BCUT2D eigenvalue weighted by molar-refractivity contribution is 5.92. The molecule has 0 spiro atoms. The molecular weight excluding hydrogens is 468 g/mol. The lowest BCUT2D eigenvalue weighted by Crippen LogP contribution is -2.25. The average Bonchev–Trinajstić information content (AvgIpc) is 3.11. The molecule has 2 aromatic carbocycles. The number of nitrogens with two attached hydrogens (primary N) is 1. The third-order valence-corrected chi connectivity index (χ3v) is 3.77. The summed E-state index contributed by atoms with van der Waals surface area (Å²) in [7, 11) is 0. The molecule has 4 rings (SSSR count). The van der Waals surface area contributed by atoms with Crippen molar-refractivity contribution in [3.8, 4) is 23.0 Å². The van der Waals surface area contributed by atoms with Gasteiger partial charge in [0.1, 0.15) is 11.4 Å². The molecule has 2 aliphatic rings. The quantitative estimate of drug-likeness (QED) is 0.287. The van der Waals surface area contributed by atoms with Crippen LogP contribution < -0.4 is 30.0 Å². The van der Waals surface area contributed by atoms with Crippen LogP contribution in [0.4, 0.5) is 40.3 Å². The summed E-state index contributed by atoms with van der Waals surface area (Å²) in [6, 6.07) is 3.40. The highest BCUT2D eigenvalue weighted by Gasteiger charge is 2.45. The van der Waals surface area contributed by atoms with Crippen molar-refractivity contribution in [1.29, 1.82) is 0 Å². The molecule has 1 amide bonds. The van der Waals surface area contributed by atoms with Crippen molar-refractivity contribution in [3.63, 3.8) is 0 Å². The number of hydrogen-bond acceptors (Lipinski definition) is 10. The fourth-order valence-electron chi connectivity index (χ4n) is 2.59. The Morgan fingerprint density at radius 2 is 1.24 bits per heavy atom. The summed E-state index contributed by atoms with van der Waals surface area (Å²) >= 11 is 0. The van der Waals surface area contributed by atoms with Gasteiger partial charge < -0.3 is 30.0 Å². The summed E-state index contributed by atoms with van der Waals surface area (Å²) < 4.78 is 66.9. The molecule has 0 bridgehead atoms. The second-order valence-electron chi connectivity index (χ2n) is 6.20. The molecule has 0 radical (unpaired) electrons. The Bertz CT molecular complexity index is 1180. The van der Waals surface area contributed by atoms with Crippen molar-refractivity contribution in [2.75, 3.05) is 11.1 Å². The van der Waals surface area contributed by atoms with Gasteiger partial charge in [-0.15, -0.1) is 17.6 Å². The molecule has 2 aromatic rings. The van der Waals surface area contributed by atoms with Crippen LogP contribution in [0.2, 0.25) is 0 Å². The number of nitro groups is 2. The molecule has 33 heavy (non-hydrogen) atoms. The number of carbonyl (C=O) groups is 1. The van der Waals surface area contributed by atoms with Crippen molar-refractivity contribution in [2.45, 2.75) is 19.5 Å². The molecule has 3 N–H and O–H groups in total. The summed E-state index contributed by atoms with van der Waals surface area (Å²) in [5.41, 5.74) is 3.68. The lowest BCUT2D eigenvalue weighted by molar-refractivity contribution is -0.384. The first-order valence-electron chi connectivity index (χ1n) is 8.37. The fourth-order valence-corrected chi connectivity index (χ4v) is 2.59. The Labute approximate surface area is 178 Å². The van der Waals surface area contributed by atoms with Crippen LogP contribution in [0.3, 0.4) is 0 Å². The van der Waals surface area contributed by atoms with Crippen molar-refractivity contribution < 1.29 is 51.2 Å². The van der Waals surface area contributed by atoms with E-state index < -0.39 is 51.2 Å². The molecule has 0 atom stereocenters. The molecule has 0 unspecified atom stereocenters. The highest BCUT2D eigenvalue weighted by Crippen LogP contribution is 2.46. The van der Waals surface area contributed by atoms with Crippen LogP contribution in [0.25, 0.3) is 0 Å². The number of hydrogen-bond donors (Lipinski definition) is 2. The third kappa shape index (κ3) is 5.02. The van der Waals surface area contributed by atoms with Crippen molar-refractivity contribution in [2.24, 2.45) is 0 Å². The Hall–Kier alpha value is -4.57. The number of nitro benzene ring substituents is 2. The fraction of sp³-hybridized carbons (Fsp3) is 0.188. The minimum Gasteiger partial charge on any atom is -0.395 e. The zero-order chi connectivity index (χ0) is 24.7. The van der Waals surface area contributed by atoms with Crippen LogP contribution in [0.5, 0.6) is 23.0 Å². The Balaban J connectivity index is 0.000000189. The van der Waals surface area contributed by atoms with E-state index in [2.05, 4.69) is 24.3 Å². The lowest BCUT2D eigenvalue weighted by atomic mass is 10.2. The largest absolute Gasteiger partial charge is 0.586 e. The normalized spacial score (nSPS) is 15.8. The third-order valence-electron chi connectivity index (χ3n) is 3.77. The van der Waals surface area contributed by atoms with Gasteiger partial charge in [-0.05, 0) is 0 Å². The summed E-state index contributed by atoms with van der Waals surface area (Å²) in [5.74, 6) is -2.14. The minimum atomic E-state index is -3.87. The number of alkyl halides is 4. The van der Waals surface area contributed by atoms with Gasteiger partial charge >= 0.3 is 12.6 Å². The maximum Gasteiger partial charge on any atom is 0.586 e. The maximum atomic E-state index is 12.8. The topological polar surface area (TPSA) is 178 Å². The van der Waals surface area contributed by atoms with Gasteiger partial charge in [0, 0.05) is 19.1 Å². The van der Waals surface area contributed by atoms with Crippen LogP contribution >= 0.6 is 0 Å². The molecule has 0 aliphatic carbocycles. The number of nitrogen functional groups attached to an aromatic ring is 1. The van der Waals surface area contributed by atoms with Gasteiger partial charge in [-0.25, -0.2) is 0 Å². The maximum absolute atomic E-state index is 12.8. The number of rotatable bonds is 3. The van der Waals surface area contributed by atoms with Gasteiger partial charge in [0.15, 0.2) is 23.0 Å². The summed E-state index contributed by atoms with van der Waals surface area (Å²) in [6.07, 6.45) is -7.67. The Kier molecular flexibility index (Phi) is 5.49. The van der Waals surface area contributed by atoms with Gasteiger partial charge in [0.25, 0.3) is 11.4 Å². The van der Waals surface area contributed by atoms with Gasteiger partial charge in [0.2, 0.25) is 5.91 Å². The average molecular weight is 478 g/mol. The molecule has 0 fully saturated rings. The van der Waals surface area contributed by atoms with E-state index in [1.807, 2.05) is 0 Å². The number of ether oxygens (including phenoxy) is 4. The van der Waals surface area contributed by atoms with Gasteiger partial charge in [-0.2, -0.15) is 0 Å². The number of halogens is 4. The van der Waals surface area contributed by atoms with E-state index in [9.17, 15) is 42.6 Å². The lowest BCUT2D eigenvalue weighted by Gasteiger charge is -2.04. The monoisotopic (exact) mass is 478 g/mol. The Morgan fingerprint density at radius 1 is 0.848 bits per heavy atom. The molecule has 0 saturated carbocycles. The standard InChI is InChI=1S/C9H6F2N2O5.C7H4F2N2O4/c1-4(14)12-5-2-7-8(3-6(5)13(15)16)18-9(10,11)17-7;8-7(9)14-5-1-3(10)4(11(12)13)2-6(5)15-7/h2-3H,1H3,(H,12,14);1-2H,10H2. The second-order valence-corrected chi connectivity index (χ2v) is 6.20. The summed E-state index contributed by atoms with van der Waals surface area (Å²) in [5, 5.41) is 23.3. The predicted octanol–water partition coefficient (Wildman–Crippen LogP) is 3.37. The first-order chi connectivity index (χ1) is 15.2. The van der Waals surface area contributed by atoms with Crippen LogP contribution in [-0.2, 0) is 4.79 Å². The number of anilines is 2. The number of benzene rings is 2. The Morgan fingerprint density at radius 3 is 1.67 bits per heavy atom. The molecule has 176 valence electrons. The second kappa shape index (κ2) is 7.84. The van der Waals surface area contributed by atoms with Crippen molar-refractivity contribution in [1.82, 2.24) is 0 Å². The van der Waals surface area contributed by atoms with E-state index in [-0.39, 0.29) is 22.9 Å². The molecule has 2 heterocycles. The number of fused-ring (bicyclic) bond motifs is 2. The van der Waals surface area contributed by atoms with Crippen LogP contribution in [0, 0.1) is 20.2 Å². The van der Waals surface area contributed by atoms with Crippen LogP contribution in [0.1, 0.15) is 6.92 Å². The number of carbonyl (C=O) groups excluding carboxylic acids is 1. The summed E-state index contributed by atoms with van der Waals surface area (Å²) in [6.45, 7) is 1.13. The SMILES string of the molecule is CC(=O)Nc1cc2c(cc1[N+](=O)[O-])OC(F)(F)O2.Nc1cc2c(cc1[N+](=O)[O-])OC(F)(F)O2. The predicted molar refractivity (Wildman–Crippen MR) is 97.3 cm³/mol. The van der Waals surface area contributed by atoms with E-state index in [0.29, 0.717) is 0 Å². The smallest absolute Gasteiger partial charge is 0.395 e. The van der Waals surface area contributed by atoms with Gasteiger partial charge in [0.05, 0.1) is 22.0 Å². The number of amides is 1. The van der Waals surface area contributed by atoms with Gasteiger partial charge in [-0.1, -0.05) is 0 Å². The van der Waals surface area contributed by atoms with Gasteiger partial charge in [-0.3, -0.25) is 25.0 Å². The van der Waals surface area contributed by atoms with Crippen molar-refractivity contribution >= 4 is 28.7 Å². The first-order valence-corrected chi connectivity index (χ1v) is 8.37. The highest BCUT2D eigenvalue weighted by atomic mass is 19.3. The summed E-state index contributed by atoms with van der Waals surface area (Å²) in [4.78, 5) is 30.4. The molecule has 0 aromatic heterocycles. The number of nitrogens with zero attached hydrogens (tertiary/aromatic N) is 2. The van der Waals surface area contributed by atoms with E-state index in [0.717, 1.165) is 31.2 Å². The first kappa shape index (κ1) is 23.1. The molecule has 13 nitrogen and oxygen atoms in total.